The van der Waals surface area contributed by atoms with E-state index in [2.05, 4.69) is 0 Å². The molecule has 0 amide bonds. The molecule has 1 aliphatic heterocycles. The zero-order chi connectivity index (χ0) is 11.9. The summed E-state index contributed by atoms with van der Waals surface area (Å²) in [5.74, 6) is -0.698. The Morgan fingerprint density at radius 1 is 1.62 bits per heavy atom. The van der Waals surface area contributed by atoms with Gasteiger partial charge in [0.05, 0.1) is 0 Å². The number of fused-ring (bicyclic) bond motifs is 1. The third-order valence-electron chi connectivity index (χ3n) is 2.65. The molecule has 1 aromatic rings. The molecular formula is C11H13NO4. The molecule has 0 radical (unpaired) electrons. The quantitative estimate of drug-likeness (QED) is 0.689. The number of benzene rings is 1. The summed E-state index contributed by atoms with van der Waals surface area (Å²) in [7, 11) is 0. The Morgan fingerprint density at radius 2 is 2.31 bits per heavy atom. The molecule has 4 N–H and O–H groups in total. The molecule has 0 spiro atoms. The number of carboxylic acid groups (broad SMARTS) is 1. The third-order valence-corrected chi connectivity index (χ3v) is 2.65. The van der Waals surface area contributed by atoms with Crippen molar-refractivity contribution in [2.24, 2.45) is 5.73 Å². The Labute approximate surface area is 92.5 Å². The highest BCUT2D eigenvalue weighted by Crippen LogP contribution is 2.36. The summed E-state index contributed by atoms with van der Waals surface area (Å²) >= 11 is 0. The number of hydrogen-bond acceptors (Lipinski definition) is 4. The highest BCUT2D eigenvalue weighted by atomic mass is 16.5. The fourth-order valence-corrected chi connectivity index (χ4v) is 1.85. The first-order valence-electron chi connectivity index (χ1n) is 5.00. The molecule has 0 saturated carbocycles. The zero-order valence-electron chi connectivity index (χ0n) is 8.80. The van der Waals surface area contributed by atoms with Gasteiger partial charge in [-0.05, 0) is 18.6 Å². The van der Waals surface area contributed by atoms with Crippen LogP contribution in [-0.4, -0.2) is 22.3 Å². The summed E-state index contributed by atoms with van der Waals surface area (Å²) in [6.45, 7) is 1.91. The number of aliphatic carboxylic acids is 1. The van der Waals surface area contributed by atoms with E-state index in [1.165, 1.54) is 6.07 Å². The lowest BCUT2D eigenvalue weighted by atomic mass is 10.0. The van der Waals surface area contributed by atoms with E-state index in [0.29, 0.717) is 12.2 Å². The minimum absolute atomic E-state index is 0.0469. The summed E-state index contributed by atoms with van der Waals surface area (Å²) in [4.78, 5) is 10.7. The van der Waals surface area contributed by atoms with Crippen molar-refractivity contribution in [2.75, 3.05) is 0 Å². The maximum Gasteiger partial charge on any atom is 0.325 e. The lowest BCUT2D eigenvalue weighted by molar-refractivity contribution is -0.138. The number of rotatable bonds is 2. The molecule has 0 saturated heterocycles. The Kier molecular flexibility index (Phi) is 2.47. The molecule has 2 unspecified atom stereocenters. The Morgan fingerprint density at radius 3 is 2.94 bits per heavy atom. The summed E-state index contributed by atoms with van der Waals surface area (Å²) in [6.07, 6.45) is 0.750. The van der Waals surface area contributed by atoms with Crippen LogP contribution in [0.4, 0.5) is 0 Å². The average molecular weight is 223 g/mol. The van der Waals surface area contributed by atoms with Crippen molar-refractivity contribution in [1.82, 2.24) is 0 Å². The van der Waals surface area contributed by atoms with Crippen LogP contribution in [0.15, 0.2) is 12.1 Å². The lowest BCUT2D eigenvalue weighted by Crippen LogP contribution is -2.20. The third kappa shape index (κ3) is 1.69. The van der Waals surface area contributed by atoms with Gasteiger partial charge in [0.15, 0.2) is 0 Å². The Hall–Kier alpha value is -1.75. The van der Waals surface area contributed by atoms with Gasteiger partial charge in [0, 0.05) is 18.1 Å². The largest absolute Gasteiger partial charge is 0.507 e. The summed E-state index contributed by atoms with van der Waals surface area (Å²) < 4.78 is 5.43. The van der Waals surface area contributed by atoms with E-state index >= 15 is 0 Å². The van der Waals surface area contributed by atoms with Crippen molar-refractivity contribution in [3.63, 3.8) is 0 Å². The van der Waals surface area contributed by atoms with Gasteiger partial charge in [0.2, 0.25) is 0 Å². The smallest absolute Gasteiger partial charge is 0.325 e. The molecule has 0 aliphatic carbocycles. The van der Waals surface area contributed by atoms with E-state index in [4.69, 9.17) is 15.6 Å². The minimum atomic E-state index is -1.21. The zero-order valence-corrected chi connectivity index (χ0v) is 8.80. The number of aromatic hydroxyl groups is 1. The molecular weight excluding hydrogens is 210 g/mol. The van der Waals surface area contributed by atoms with E-state index < -0.39 is 12.0 Å². The van der Waals surface area contributed by atoms with Crippen LogP contribution in [-0.2, 0) is 11.2 Å². The number of carbonyl (C=O) groups is 1. The number of nitrogens with two attached hydrogens (primary N) is 1. The van der Waals surface area contributed by atoms with Crippen molar-refractivity contribution in [3.05, 3.63) is 23.3 Å². The molecule has 5 heteroatoms. The molecule has 2 rings (SSSR count). The first-order chi connectivity index (χ1) is 7.49. The molecule has 86 valence electrons. The van der Waals surface area contributed by atoms with Gasteiger partial charge in [-0.25, -0.2) is 0 Å². The normalized spacial score (nSPS) is 20.0. The van der Waals surface area contributed by atoms with Crippen LogP contribution >= 0.6 is 0 Å². The first-order valence-corrected chi connectivity index (χ1v) is 5.00. The van der Waals surface area contributed by atoms with E-state index in [9.17, 15) is 9.90 Å². The second-order valence-electron chi connectivity index (χ2n) is 3.97. The van der Waals surface area contributed by atoms with Crippen molar-refractivity contribution >= 4 is 5.97 Å². The molecule has 1 aromatic carbocycles. The number of phenolic OH excluding ortho intramolecular Hbond substituents is 1. The topological polar surface area (TPSA) is 92.8 Å². The van der Waals surface area contributed by atoms with Gasteiger partial charge < -0.3 is 20.7 Å². The van der Waals surface area contributed by atoms with Gasteiger partial charge >= 0.3 is 5.97 Å². The van der Waals surface area contributed by atoms with Crippen LogP contribution < -0.4 is 10.5 Å². The molecule has 1 aliphatic rings. The standard InChI is InChI=1S/C11H13NO4/c1-5-2-6-3-7(10(12)11(14)15)8(13)4-9(6)16-5/h3-5,10,13H,2,12H2,1H3,(H,14,15). The number of phenols is 1. The molecule has 16 heavy (non-hydrogen) atoms. The summed E-state index contributed by atoms with van der Waals surface area (Å²) in [6, 6.07) is 1.82. The van der Waals surface area contributed by atoms with Crippen molar-refractivity contribution in [1.29, 1.82) is 0 Å². The molecule has 0 aromatic heterocycles. The predicted molar refractivity (Wildman–Crippen MR) is 56.5 cm³/mol. The van der Waals surface area contributed by atoms with E-state index in [0.717, 1.165) is 5.56 Å². The molecule has 0 fully saturated rings. The summed E-state index contributed by atoms with van der Waals surface area (Å²) in [5.41, 5.74) is 6.58. The van der Waals surface area contributed by atoms with Crippen LogP contribution in [0.3, 0.4) is 0 Å². The maximum atomic E-state index is 10.7. The molecule has 5 nitrogen and oxygen atoms in total. The van der Waals surface area contributed by atoms with Crippen LogP contribution in [0, 0.1) is 0 Å². The predicted octanol–water partition coefficient (Wildman–Crippen LogP) is 0.800. The second kappa shape index (κ2) is 3.68. The van der Waals surface area contributed by atoms with E-state index in [1.54, 1.807) is 6.07 Å². The Bertz CT molecular complexity index is 444. The van der Waals surface area contributed by atoms with Crippen LogP contribution in [0.25, 0.3) is 0 Å². The van der Waals surface area contributed by atoms with Crippen LogP contribution in [0.2, 0.25) is 0 Å². The van der Waals surface area contributed by atoms with E-state index in [1.807, 2.05) is 6.92 Å². The summed E-state index contributed by atoms with van der Waals surface area (Å²) in [5, 5.41) is 18.4. The number of carboxylic acids is 1. The van der Waals surface area contributed by atoms with Gasteiger partial charge in [0.25, 0.3) is 0 Å². The average Bonchev–Trinajstić information content (AvgIpc) is 2.54. The van der Waals surface area contributed by atoms with Crippen molar-refractivity contribution in [3.8, 4) is 11.5 Å². The van der Waals surface area contributed by atoms with Gasteiger partial charge in [-0.3, -0.25) is 4.79 Å². The lowest BCUT2D eigenvalue weighted by Gasteiger charge is -2.10. The molecule has 1 heterocycles. The fraction of sp³-hybridized carbons (Fsp3) is 0.364. The molecule has 2 atom stereocenters. The highest BCUT2D eigenvalue weighted by Gasteiger charge is 2.25. The molecule has 0 bridgehead atoms. The minimum Gasteiger partial charge on any atom is -0.507 e. The van der Waals surface area contributed by atoms with Gasteiger partial charge in [-0.15, -0.1) is 0 Å². The first kappa shape index (κ1) is 10.8. The van der Waals surface area contributed by atoms with Gasteiger partial charge in [-0.1, -0.05) is 0 Å². The fourth-order valence-electron chi connectivity index (χ4n) is 1.85. The Balaban J connectivity index is 2.42. The SMILES string of the molecule is CC1Cc2cc(C(N)C(=O)O)c(O)cc2O1. The van der Waals surface area contributed by atoms with Crippen molar-refractivity contribution in [2.45, 2.75) is 25.5 Å². The van der Waals surface area contributed by atoms with Crippen molar-refractivity contribution < 1.29 is 19.7 Å². The van der Waals surface area contributed by atoms with Crippen LogP contribution in [0.1, 0.15) is 24.1 Å². The monoisotopic (exact) mass is 223 g/mol. The van der Waals surface area contributed by atoms with Crippen LogP contribution in [0.5, 0.6) is 11.5 Å². The number of hydrogen-bond donors (Lipinski definition) is 3. The van der Waals surface area contributed by atoms with E-state index in [-0.39, 0.29) is 17.4 Å². The van der Waals surface area contributed by atoms with Gasteiger partial charge in [0.1, 0.15) is 23.6 Å². The number of ether oxygens (including phenoxy) is 1. The highest BCUT2D eigenvalue weighted by molar-refractivity contribution is 5.76. The second-order valence-corrected chi connectivity index (χ2v) is 3.97. The maximum absolute atomic E-state index is 10.7. The van der Waals surface area contributed by atoms with Gasteiger partial charge in [-0.2, -0.15) is 0 Å².